The van der Waals surface area contributed by atoms with Gasteiger partial charge in [-0.25, -0.2) is 8.42 Å². The van der Waals surface area contributed by atoms with E-state index in [0.29, 0.717) is 18.0 Å². The summed E-state index contributed by atoms with van der Waals surface area (Å²) in [4.78, 5) is 12.1. The second-order valence-corrected chi connectivity index (χ2v) is 8.40. The summed E-state index contributed by atoms with van der Waals surface area (Å²) >= 11 is 0. The van der Waals surface area contributed by atoms with Gasteiger partial charge in [0.2, 0.25) is 15.9 Å². The van der Waals surface area contributed by atoms with E-state index in [9.17, 15) is 26.4 Å². The molecule has 0 unspecified atom stereocenters. The van der Waals surface area contributed by atoms with Crippen molar-refractivity contribution >= 4 is 27.3 Å². The van der Waals surface area contributed by atoms with Gasteiger partial charge in [-0.1, -0.05) is 6.07 Å². The average Bonchev–Trinajstić information content (AvgIpc) is 2.65. The summed E-state index contributed by atoms with van der Waals surface area (Å²) in [6.07, 6.45) is -3.31. The number of amides is 1. The van der Waals surface area contributed by atoms with E-state index in [0.717, 1.165) is 18.4 Å². The molecule has 0 saturated heterocycles. The zero-order valence-corrected chi connectivity index (χ0v) is 17.4. The molecule has 30 heavy (non-hydrogen) atoms. The van der Waals surface area contributed by atoms with Gasteiger partial charge in [0, 0.05) is 18.7 Å². The molecule has 0 spiro atoms. The number of hydrogen-bond acceptors (Lipinski definition) is 4. The number of rotatable bonds is 9. The third-order valence-electron chi connectivity index (χ3n) is 4.07. The Hall–Kier alpha value is -2.75. The third-order valence-corrected chi connectivity index (χ3v) is 5.27. The summed E-state index contributed by atoms with van der Waals surface area (Å²) in [7, 11) is -3.59. The number of carbonyl (C=O) groups excluding carboxylic acids is 1. The molecule has 2 aromatic carbocycles. The minimum Gasteiger partial charge on any atom is -0.494 e. The van der Waals surface area contributed by atoms with Gasteiger partial charge in [0.1, 0.15) is 5.75 Å². The predicted octanol–water partition coefficient (Wildman–Crippen LogP) is 4.29. The molecule has 1 N–H and O–H groups in total. The fraction of sp³-hybridized carbons (Fsp3) is 0.350. The predicted molar refractivity (Wildman–Crippen MR) is 109 cm³/mol. The Kier molecular flexibility index (Phi) is 7.71. The summed E-state index contributed by atoms with van der Waals surface area (Å²) < 4.78 is 69.0. The maximum atomic E-state index is 12.8. The maximum Gasteiger partial charge on any atom is 0.416 e. The van der Waals surface area contributed by atoms with Gasteiger partial charge < -0.3 is 10.1 Å². The van der Waals surface area contributed by atoms with Crippen LogP contribution in [-0.4, -0.2) is 33.7 Å². The van der Waals surface area contributed by atoms with Crippen LogP contribution in [0.1, 0.15) is 25.3 Å². The number of halogens is 3. The molecule has 0 fully saturated rings. The van der Waals surface area contributed by atoms with E-state index >= 15 is 0 Å². The van der Waals surface area contributed by atoms with Crippen molar-refractivity contribution in [2.75, 3.05) is 29.0 Å². The molecule has 0 atom stereocenters. The molecule has 0 radical (unpaired) electrons. The van der Waals surface area contributed by atoms with Gasteiger partial charge >= 0.3 is 6.18 Å². The van der Waals surface area contributed by atoms with Crippen LogP contribution >= 0.6 is 0 Å². The largest absolute Gasteiger partial charge is 0.494 e. The normalized spacial score (nSPS) is 11.8. The highest BCUT2D eigenvalue weighted by Gasteiger charge is 2.30. The second-order valence-electron chi connectivity index (χ2n) is 6.49. The summed E-state index contributed by atoms with van der Waals surface area (Å²) in [5.74, 6) is 0.102. The van der Waals surface area contributed by atoms with E-state index in [-0.39, 0.29) is 25.1 Å². The highest BCUT2D eigenvalue weighted by atomic mass is 32.2. The first kappa shape index (κ1) is 23.5. The number of alkyl halides is 3. The molecule has 0 aliphatic carbocycles. The van der Waals surface area contributed by atoms with Gasteiger partial charge in [0.05, 0.1) is 24.1 Å². The standard InChI is InChI=1S/C20H23F3N2O4S/c1-3-29-18-11-9-17(10-12-18)25(30(2,27)28)13-5-8-19(26)24-16-7-4-6-15(14-16)20(21,22)23/h4,6-7,9-12,14H,3,5,8,13H2,1-2H3,(H,24,26). The van der Waals surface area contributed by atoms with Crippen molar-refractivity contribution in [3.8, 4) is 5.75 Å². The van der Waals surface area contributed by atoms with Crippen LogP contribution in [0.4, 0.5) is 24.5 Å². The Morgan fingerprint density at radius 3 is 2.37 bits per heavy atom. The minimum atomic E-state index is -4.51. The molecule has 10 heteroatoms. The molecule has 0 aliphatic rings. The monoisotopic (exact) mass is 444 g/mol. The van der Waals surface area contributed by atoms with Crippen molar-refractivity contribution in [3.05, 3.63) is 54.1 Å². The molecule has 0 aromatic heterocycles. The Labute approximate surface area is 173 Å². The fourth-order valence-corrected chi connectivity index (χ4v) is 3.71. The SMILES string of the molecule is CCOc1ccc(N(CCCC(=O)Nc2cccc(C(F)(F)F)c2)S(C)(=O)=O)cc1. The van der Waals surface area contributed by atoms with Gasteiger partial charge in [-0.2, -0.15) is 13.2 Å². The zero-order chi connectivity index (χ0) is 22.4. The Morgan fingerprint density at radius 2 is 1.80 bits per heavy atom. The topological polar surface area (TPSA) is 75.7 Å². The second kappa shape index (κ2) is 9.84. The quantitative estimate of drug-likeness (QED) is 0.626. The number of carbonyl (C=O) groups is 1. The van der Waals surface area contributed by atoms with E-state index in [1.54, 1.807) is 24.3 Å². The molecule has 1 amide bonds. The molecular formula is C20H23F3N2O4S. The van der Waals surface area contributed by atoms with Crippen LogP contribution in [0.3, 0.4) is 0 Å². The number of hydrogen-bond donors (Lipinski definition) is 1. The smallest absolute Gasteiger partial charge is 0.416 e. The van der Waals surface area contributed by atoms with Crippen LogP contribution in [0.15, 0.2) is 48.5 Å². The Bertz CT molecular complexity index is 961. The first-order valence-electron chi connectivity index (χ1n) is 9.18. The van der Waals surface area contributed by atoms with Crippen molar-refractivity contribution < 1.29 is 31.1 Å². The van der Waals surface area contributed by atoms with Crippen LogP contribution < -0.4 is 14.4 Å². The summed E-state index contributed by atoms with van der Waals surface area (Å²) in [6, 6.07) is 10.8. The molecule has 2 rings (SSSR count). The molecule has 0 saturated carbocycles. The van der Waals surface area contributed by atoms with Crippen LogP contribution in [0, 0.1) is 0 Å². The van der Waals surface area contributed by atoms with Crippen molar-refractivity contribution in [2.24, 2.45) is 0 Å². The summed E-state index contributed by atoms with van der Waals surface area (Å²) in [5, 5.41) is 2.40. The highest BCUT2D eigenvalue weighted by Crippen LogP contribution is 2.30. The van der Waals surface area contributed by atoms with E-state index in [2.05, 4.69) is 5.32 Å². The van der Waals surface area contributed by atoms with Crippen molar-refractivity contribution in [1.82, 2.24) is 0 Å². The Morgan fingerprint density at radius 1 is 1.13 bits per heavy atom. The molecule has 0 heterocycles. The number of nitrogens with zero attached hydrogens (tertiary/aromatic N) is 1. The average molecular weight is 444 g/mol. The number of nitrogens with one attached hydrogen (secondary N) is 1. The Balaban J connectivity index is 1.97. The maximum absolute atomic E-state index is 12.8. The number of anilines is 2. The molecule has 6 nitrogen and oxygen atoms in total. The van der Waals surface area contributed by atoms with E-state index in [1.807, 2.05) is 6.92 Å². The lowest BCUT2D eigenvalue weighted by Crippen LogP contribution is -2.31. The van der Waals surface area contributed by atoms with E-state index < -0.39 is 27.7 Å². The lowest BCUT2D eigenvalue weighted by atomic mass is 10.2. The number of ether oxygens (including phenoxy) is 1. The van der Waals surface area contributed by atoms with Gasteiger partial charge in [-0.15, -0.1) is 0 Å². The van der Waals surface area contributed by atoms with Gasteiger partial charge in [-0.05, 0) is 55.8 Å². The van der Waals surface area contributed by atoms with Gasteiger partial charge in [0.15, 0.2) is 0 Å². The van der Waals surface area contributed by atoms with Crippen molar-refractivity contribution in [2.45, 2.75) is 25.9 Å². The van der Waals surface area contributed by atoms with Crippen LogP contribution in [0.25, 0.3) is 0 Å². The first-order valence-corrected chi connectivity index (χ1v) is 11.0. The van der Waals surface area contributed by atoms with E-state index in [4.69, 9.17) is 4.74 Å². The molecule has 164 valence electrons. The van der Waals surface area contributed by atoms with Crippen molar-refractivity contribution in [3.63, 3.8) is 0 Å². The fourth-order valence-electron chi connectivity index (χ4n) is 2.74. The lowest BCUT2D eigenvalue weighted by Gasteiger charge is -2.22. The molecule has 0 bridgehead atoms. The summed E-state index contributed by atoms with van der Waals surface area (Å²) in [5.41, 5.74) is -0.403. The summed E-state index contributed by atoms with van der Waals surface area (Å²) in [6.45, 7) is 2.36. The lowest BCUT2D eigenvalue weighted by molar-refractivity contribution is -0.137. The van der Waals surface area contributed by atoms with Crippen LogP contribution in [0.5, 0.6) is 5.75 Å². The highest BCUT2D eigenvalue weighted by molar-refractivity contribution is 7.92. The third kappa shape index (κ3) is 6.94. The molecule has 2 aromatic rings. The van der Waals surface area contributed by atoms with Crippen LogP contribution in [0.2, 0.25) is 0 Å². The van der Waals surface area contributed by atoms with Gasteiger partial charge in [0.25, 0.3) is 0 Å². The van der Waals surface area contributed by atoms with Gasteiger partial charge in [-0.3, -0.25) is 9.10 Å². The number of sulfonamides is 1. The zero-order valence-electron chi connectivity index (χ0n) is 16.6. The first-order chi connectivity index (χ1) is 14.0. The van der Waals surface area contributed by atoms with Crippen molar-refractivity contribution in [1.29, 1.82) is 0 Å². The number of benzene rings is 2. The van der Waals surface area contributed by atoms with Crippen LogP contribution in [-0.2, 0) is 21.0 Å². The molecular weight excluding hydrogens is 421 g/mol. The van der Waals surface area contributed by atoms with E-state index in [1.165, 1.54) is 16.4 Å². The molecule has 0 aliphatic heterocycles. The minimum absolute atomic E-state index is 0.0290.